The van der Waals surface area contributed by atoms with Gasteiger partial charge in [0.1, 0.15) is 18.5 Å². The van der Waals surface area contributed by atoms with Crippen molar-refractivity contribution in [3.05, 3.63) is 162 Å². The Morgan fingerprint density at radius 2 is 1.56 bits per heavy atom. The van der Waals surface area contributed by atoms with Gasteiger partial charge in [-0.25, -0.2) is 14.0 Å². The van der Waals surface area contributed by atoms with Crippen LogP contribution in [0.4, 0.5) is 19.7 Å². The largest absolute Gasteiger partial charge is 0.453 e. The second-order valence-electron chi connectivity index (χ2n) is 14.4. The fourth-order valence-electron chi connectivity index (χ4n) is 7.09. The van der Waals surface area contributed by atoms with Gasteiger partial charge in [-0.2, -0.15) is 0 Å². The Hall–Kier alpha value is -6.62. The summed E-state index contributed by atoms with van der Waals surface area (Å²) in [4.78, 5) is 43.7. The van der Waals surface area contributed by atoms with Gasteiger partial charge in [-0.15, -0.1) is 10.2 Å². The minimum atomic E-state index is -1.02. The number of pyridine rings is 1. The zero-order valence-electron chi connectivity index (χ0n) is 33.8. The van der Waals surface area contributed by atoms with Crippen LogP contribution in [0.25, 0.3) is 11.5 Å². The van der Waals surface area contributed by atoms with Crippen LogP contribution in [0.5, 0.6) is 0 Å². The van der Waals surface area contributed by atoms with E-state index in [-0.39, 0.29) is 31.1 Å². The van der Waals surface area contributed by atoms with Gasteiger partial charge in [-0.1, -0.05) is 103 Å². The number of nitrogens with zero attached hydrogens (tertiary/aromatic N) is 3. The summed E-state index contributed by atoms with van der Waals surface area (Å²) in [6, 6.07) is 34.7. The zero-order chi connectivity index (χ0) is 43.1. The molecular formula is C46H46FN7O7S. The highest BCUT2D eigenvalue weighted by atomic mass is 32.2. The van der Waals surface area contributed by atoms with Crippen molar-refractivity contribution in [3.63, 3.8) is 0 Å². The van der Waals surface area contributed by atoms with Crippen LogP contribution in [-0.2, 0) is 32.0 Å². The van der Waals surface area contributed by atoms with Gasteiger partial charge in [-0.3, -0.25) is 9.78 Å². The quantitative estimate of drug-likeness (QED) is 0.0683. The Kier molecular flexibility index (Phi) is 15.3. The van der Waals surface area contributed by atoms with Gasteiger partial charge >= 0.3 is 12.2 Å². The van der Waals surface area contributed by atoms with Gasteiger partial charge in [0.05, 0.1) is 25.4 Å². The molecular weight excluding hydrogens is 814 g/mol. The average molecular weight is 860 g/mol. The third-order valence-corrected chi connectivity index (χ3v) is 11.2. The Morgan fingerprint density at radius 1 is 0.871 bits per heavy atom. The van der Waals surface area contributed by atoms with Crippen LogP contribution in [0.2, 0.25) is 0 Å². The van der Waals surface area contributed by atoms with E-state index in [4.69, 9.17) is 18.6 Å². The first-order valence-electron chi connectivity index (χ1n) is 20.1. The molecule has 0 radical (unpaired) electrons. The second kappa shape index (κ2) is 21.8. The van der Waals surface area contributed by atoms with E-state index in [9.17, 15) is 18.8 Å². The van der Waals surface area contributed by atoms with Crippen molar-refractivity contribution in [2.75, 3.05) is 31.3 Å². The SMILES string of the molecule is COC(=O)NC(C(=O)Nc1ccccc1CC[C@@H]1CN[C@H](COC(=O)NCc2ccc(F)cc2)[C@@H](CSc2nnc(-c3ccncc3)o2)O1)C(c1ccccc1)c1ccccc1. The first-order chi connectivity index (χ1) is 30.3. The predicted molar refractivity (Wildman–Crippen MR) is 231 cm³/mol. The lowest BCUT2D eigenvalue weighted by molar-refractivity contribution is -0.118. The van der Waals surface area contributed by atoms with Gasteiger partial charge in [0.25, 0.3) is 5.22 Å². The number of ether oxygens (including phenoxy) is 3. The number of aryl methyl sites for hydroxylation is 1. The smallest absolute Gasteiger partial charge is 0.407 e. The summed E-state index contributed by atoms with van der Waals surface area (Å²) in [6.07, 6.45) is 2.38. The molecule has 6 aromatic rings. The van der Waals surface area contributed by atoms with E-state index in [1.54, 1.807) is 36.7 Å². The number of halogens is 1. The molecule has 0 bridgehead atoms. The number of hydrogen-bond donors (Lipinski definition) is 4. The fraction of sp³-hybridized carbons (Fsp3) is 0.261. The standard InChI is InChI=1S/C46H46FN7O7S/c1-58-45(57)52-41(40(32-11-4-2-5-12-32)33-13-6-3-7-14-33)42(55)51-37-15-9-8-10-31(37)18-21-36-27-49-38(28-59-44(56)50-26-30-16-19-35(47)20-17-30)39(60-36)29-62-46-54-53-43(61-46)34-22-24-48-25-23-34/h2-17,19-20,22-25,36,38-41,49H,18,21,26-29H2,1H3,(H,50,56)(H,51,55)(H,52,57)/t36-,38-,39-,41?/m1/s1. The van der Waals surface area contributed by atoms with Crippen molar-refractivity contribution >= 4 is 35.5 Å². The second-order valence-corrected chi connectivity index (χ2v) is 15.4. The lowest BCUT2D eigenvalue weighted by Crippen LogP contribution is -2.56. The molecule has 0 spiro atoms. The van der Waals surface area contributed by atoms with Crippen LogP contribution in [-0.4, -0.2) is 83.6 Å². The van der Waals surface area contributed by atoms with Crippen molar-refractivity contribution in [2.24, 2.45) is 0 Å². The Labute approximate surface area is 362 Å². The number of amides is 3. The number of hydrogen-bond acceptors (Lipinski definition) is 12. The van der Waals surface area contributed by atoms with Crippen LogP contribution in [0, 0.1) is 5.82 Å². The number of nitrogens with one attached hydrogen (secondary N) is 4. The van der Waals surface area contributed by atoms with Crippen molar-refractivity contribution < 1.29 is 37.4 Å². The lowest BCUT2D eigenvalue weighted by Gasteiger charge is -2.37. The summed E-state index contributed by atoms with van der Waals surface area (Å²) in [6.45, 7) is 0.660. The van der Waals surface area contributed by atoms with Crippen LogP contribution >= 0.6 is 11.8 Å². The first-order valence-corrected chi connectivity index (χ1v) is 21.0. The number of thioether (sulfide) groups is 1. The highest BCUT2D eigenvalue weighted by Gasteiger charge is 2.35. The van der Waals surface area contributed by atoms with E-state index >= 15 is 0 Å². The topological polar surface area (TPSA) is 179 Å². The molecule has 1 aliphatic rings. The summed E-state index contributed by atoms with van der Waals surface area (Å²) < 4.78 is 36.5. The summed E-state index contributed by atoms with van der Waals surface area (Å²) in [5, 5.41) is 20.8. The molecule has 3 amide bonds. The van der Waals surface area contributed by atoms with E-state index in [0.29, 0.717) is 41.9 Å². The maximum atomic E-state index is 14.3. The minimum Gasteiger partial charge on any atom is -0.453 e. The van der Waals surface area contributed by atoms with E-state index in [0.717, 1.165) is 27.8 Å². The number of para-hydroxylation sites is 1. The Balaban J connectivity index is 1.02. The monoisotopic (exact) mass is 859 g/mol. The molecule has 2 aromatic heterocycles. The number of morpholine rings is 1. The molecule has 4 atom stereocenters. The van der Waals surface area contributed by atoms with Crippen LogP contribution in [0.1, 0.15) is 34.6 Å². The number of benzene rings is 4. The minimum absolute atomic E-state index is 0.0158. The average Bonchev–Trinajstić information content (AvgIpc) is 3.80. The lowest BCUT2D eigenvalue weighted by atomic mass is 9.84. The van der Waals surface area contributed by atoms with Gasteiger partial charge < -0.3 is 39.9 Å². The molecule has 16 heteroatoms. The molecule has 0 saturated carbocycles. The Morgan fingerprint density at radius 3 is 2.27 bits per heavy atom. The van der Waals surface area contributed by atoms with Gasteiger partial charge in [0.2, 0.25) is 11.8 Å². The van der Waals surface area contributed by atoms with E-state index in [1.807, 2.05) is 84.9 Å². The predicted octanol–water partition coefficient (Wildman–Crippen LogP) is 7.14. The summed E-state index contributed by atoms with van der Waals surface area (Å²) in [5.41, 5.74) is 4.64. The van der Waals surface area contributed by atoms with Crippen molar-refractivity contribution in [3.8, 4) is 11.5 Å². The molecule has 7 rings (SSSR count). The molecule has 1 fully saturated rings. The van der Waals surface area contributed by atoms with Crippen LogP contribution in [0.3, 0.4) is 0 Å². The molecule has 320 valence electrons. The van der Waals surface area contributed by atoms with Gasteiger partial charge in [0.15, 0.2) is 0 Å². The van der Waals surface area contributed by atoms with Crippen molar-refractivity contribution in [2.45, 2.75) is 54.8 Å². The summed E-state index contributed by atoms with van der Waals surface area (Å²) >= 11 is 1.33. The third kappa shape index (κ3) is 12.0. The zero-order valence-corrected chi connectivity index (χ0v) is 34.6. The van der Waals surface area contributed by atoms with Crippen molar-refractivity contribution in [1.82, 2.24) is 31.1 Å². The molecule has 1 unspecified atom stereocenters. The number of carbonyl (C=O) groups is 3. The fourth-order valence-corrected chi connectivity index (χ4v) is 7.95. The van der Waals surface area contributed by atoms with E-state index in [1.165, 1.54) is 31.0 Å². The number of carbonyl (C=O) groups excluding carboxylic acids is 3. The number of anilines is 1. The van der Waals surface area contributed by atoms with Crippen LogP contribution in [0.15, 0.2) is 143 Å². The normalized spacial score (nSPS) is 16.5. The van der Waals surface area contributed by atoms with E-state index < -0.39 is 36.2 Å². The maximum absolute atomic E-state index is 14.3. The number of alkyl carbamates (subject to hydrolysis) is 2. The molecule has 4 aromatic carbocycles. The molecule has 62 heavy (non-hydrogen) atoms. The molecule has 1 aliphatic heterocycles. The van der Waals surface area contributed by atoms with Gasteiger partial charge in [-0.05, 0) is 65.4 Å². The Bertz CT molecular complexity index is 2320. The highest BCUT2D eigenvalue weighted by molar-refractivity contribution is 7.99. The highest BCUT2D eigenvalue weighted by Crippen LogP contribution is 2.31. The summed E-state index contributed by atoms with van der Waals surface area (Å²) in [5.74, 6) is -0.528. The number of rotatable bonds is 17. The molecule has 3 heterocycles. The van der Waals surface area contributed by atoms with E-state index in [2.05, 4.69) is 36.4 Å². The van der Waals surface area contributed by atoms with Crippen LogP contribution < -0.4 is 21.3 Å². The first kappa shape index (κ1) is 43.5. The number of methoxy groups -OCH3 is 1. The molecule has 1 saturated heterocycles. The van der Waals surface area contributed by atoms with Gasteiger partial charge in [0, 0.05) is 48.4 Å². The maximum Gasteiger partial charge on any atom is 0.407 e. The molecule has 4 N–H and O–H groups in total. The molecule has 14 nitrogen and oxygen atoms in total. The van der Waals surface area contributed by atoms with Crippen molar-refractivity contribution in [1.29, 1.82) is 0 Å². The number of aromatic nitrogens is 3. The summed E-state index contributed by atoms with van der Waals surface area (Å²) in [7, 11) is 1.26. The molecule has 0 aliphatic carbocycles. The third-order valence-electron chi connectivity index (χ3n) is 10.3.